The van der Waals surface area contributed by atoms with Crippen LogP contribution in [-0.4, -0.2) is 19.6 Å². The minimum absolute atomic E-state index is 0.0469. The summed E-state index contributed by atoms with van der Waals surface area (Å²) < 4.78 is 5.12. The van der Waals surface area contributed by atoms with Crippen molar-refractivity contribution in [2.75, 3.05) is 19.0 Å². The molecule has 2 aromatic carbocycles. The minimum Gasteiger partial charge on any atom is -0.497 e. The number of nitrogens with zero attached hydrogens (tertiary/aromatic N) is 1. The van der Waals surface area contributed by atoms with Gasteiger partial charge in [0.1, 0.15) is 17.4 Å². The van der Waals surface area contributed by atoms with E-state index in [1.54, 1.807) is 7.11 Å². The number of nitriles is 1. The van der Waals surface area contributed by atoms with Gasteiger partial charge < -0.3 is 15.4 Å². The minimum atomic E-state index is -0.387. The first-order valence-electron chi connectivity index (χ1n) is 8.53. The van der Waals surface area contributed by atoms with Crippen molar-refractivity contribution in [2.24, 2.45) is 0 Å². The lowest BCUT2D eigenvalue weighted by Gasteiger charge is -2.08. The van der Waals surface area contributed by atoms with Gasteiger partial charge in [-0.3, -0.25) is 4.79 Å². The number of hydrogen-bond acceptors (Lipinski definition) is 4. The van der Waals surface area contributed by atoms with Crippen LogP contribution in [0, 0.1) is 11.3 Å². The average molecular weight is 349 g/mol. The standard InChI is InChI=1S/C21H23N3O2/c1-3-17-6-4-5-7-20(17)24-15-18(14-22)21(25)23-13-12-16-8-10-19(26-2)11-9-16/h4-11,15,24H,3,12-13H2,1-2H3,(H,23,25)/b18-15-. The van der Waals surface area contributed by atoms with E-state index in [1.165, 1.54) is 6.20 Å². The Hall–Kier alpha value is -3.26. The molecule has 0 aliphatic heterocycles. The van der Waals surface area contributed by atoms with Gasteiger partial charge >= 0.3 is 0 Å². The van der Waals surface area contributed by atoms with Crippen molar-refractivity contribution in [3.8, 4) is 11.8 Å². The van der Waals surface area contributed by atoms with Gasteiger partial charge in [-0.05, 0) is 42.2 Å². The van der Waals surface area contributed by atoms with E-state index in [1.807, 2.05) is 54.6 Å². The summed E-state index contributed by atoms with van der Waals surface area (Å²) in [7, 11) is 1.62. The molecule has 0 saturated carbocycles. The van der Waals surface area contributed by atoms with Crippen molar-refractivity contribution < 1.29 is 9.53 Å². The molecule has 0 unspecified atom stereocenters. The molecule has 0 aromatic heterocycles. The van der Waals surface area contributed by atoms with Crippen molar-refractivity contribution in [1.82, 2.24) is 5.32 Å². The molecule has 134 valence electrons. The third kappa shape index (κ3) is 5.38. The highest BCUT2D eigenvalue weighted by atomic mass is 16.5. The fourth-order valence-electron chi connectivity index (χ4n) is 2.48. The lowest BCUT2D eigenvalue weighted by atomic mass is 10.1. The molecule has 0 aliphatic carbocycles. The molecular weight excluding hydrogens is 326 g/mol. The zero-order chi connectivity index (χ0) is 18.8. The van der Waals surface area contributed by atoms with E-state index in [2.05, 4.69) is 17.6 Å². The third-order valence-electron chi connectivity index (χ3n) is 3.99. The molecule has 5 nitrogen and oxygen atoms in total. The number of benzene rings is 2. The Morgan fingerprint density at radius 2 is 1.92 bits per heavy atom. The van der Waals surface area contributed by atoms with Gasteiger partial charge in [-0.1, -0.05) is 37.3 Å². The van der Waals surface area contributed by atoms with Crippen LogP contribution >= 0.6 is 0 Å². The molecule has 2 aromatic rings. The number of amides is 1. The number of anilines is 1. The molecule has 0 radical (unpaired) electrons. The lowest BCUT2D eigenvalue weighted by Crippen LogP contribution is -2.27. The van der Waals surface area contributed by atoms with Gasteiger partial charge in [-0.25, -0.2) is 0 Å². The Kier molecular flexibility index (Phi) is 7.26. The molecule has 1 amide bonds. The summed E-state index contributed by atoms with van der Waals surface area (Å²) in [6.45, 7) is 2.51. The van der Waals surface area contributed by atoms with Crippen LogP contribution in [0.4, 0.5) is 5.69 Å². The van der Waals surface area contributed by atoms with Crippen molar-refractivity contribution in [2.45, 2.75) is 19.8 Å². The van der Waals surface area contributed by atoms with E-state index < -0.39 is 0 Å². The molecule has 0 heterocycles. The monoisotopic (exact) mass is 349 g/mol. The summed E-state index contributed by atoms with van der Waals surface area (Å²) in [5.41, 5.74) is 3.16. The second-order valence-electron chi connectivity index (χ2n) is 5.68. The number of methoxy groups -OCH3 is 1. The number of carbonyl (C=O) groups excluding carboxylic acids is 1. The third-order valence-corrected chi connectivity index (χ3v) is 3.99. The van der Waals surface area contributed by atoms with Crippen LogP contribution in [0.2, 0.25) is 0 Å². The highest BCUT2D eigenvalue weighted by Gasteiger charge is 2.08. The predicted molar refractivity (Wildman–Crippen MR) is 103 cm³/mol. The summed E-state index contributed by atoms with van der Waals surface area (Å²) in [4.78, 5) is 12.2. The summed E-state index contributed by atoms with van der Waals surface area (Å²) in [6, 6.07) is 17.4. The first kappa shape index (κ1) is 19.1. The van der Waals surface area contributed by atoms with Crippen LogP contribution in [0.25, 0.3) is 0 Å². The zero-order valence-corrected chi connectivity index (χ0v) is 15.1. The van der Waals surface area contributed by atoms with Gasteiger partial charge in [0.2, 0.25) is 0 Å². The largest absolute Gasteiger partial charge is 0.497 e. The van der Waals surface area contributed by atoms with E-state index in [0.717, 1.165) is 29.0 Å². The SMILES string of the molecule is CCc1ccccc1N/C=C(/C#N)C(=O)NCCc1ccc(OC)cc1. The highest BCUT2D eigenvalue weighted by Crippen LogP contribution is 2.15. The van der Waals surface area contributed by atoms with E-state index >= 15 is 0 Å². The molecule has 0 aliphatic rings. The number of rotatable bonds is 8. The van der Waals surface area contributed by atoms with Crippen molar-refractivity contribution in [1.29, 1.82) is 5.26 Å². The molecule has 5 heteroatoms. The molecule has 0 fully saturated rings. The van der Waals surface area contributed by atoms with Crippen LogP contribution in [0.5, 0.6) is 5.75 Å². The van der Waals surface area contributed by atoms with E-state index in [-0.39, 0.29) is 11.5 Å². The smallest absolute Gasteiger partial charge is 0.263 e. The number of ether oxygens (including phenoxy) is 1. The van der Waals surface area contributed by atoms with E-state index in [9.17, 15) is 10.1 Å². The maximum atomic E-state index is 12.2. The van der Waals surface area contributed by atoms with E-state index in [0.29, 0.717) is 13.0 Å². The van der Waals surface area contributed by atoms with Gasteiger partial charge in [0.05, 0.1) is 7.11 Å². The van der Waals surface area contributed by atoms with Gasteiger partial charge in [0.15, 0.2) is 0 Å². The number of carbonyl (C=O) groups is 1. The van der Waals surface area contributed by atoms with Gasteiger partial charge in [-0.2, -0.15) is 5.26 Å². The van der Waals surface area contributed by atoms with E-state index in [4.69, 9.17) is 4.74 Å². The fraction of sp³-hybridized carbons (Fsp3) is 0.238. The first-order valence-corrected chi connectivity index (χ1v) is 8.53. The maximum absolute atomic E-state index is 12.2. The molecule has 0 bridgehead atoms. The highest BCUT2D eigenvalue weighted by molar-refractivity contribution is 5.97. The summed E-state index contributed by atoms with van der Waals surface area (Å²) in [5.74, 6) is 0.411. The summed E-state index contributed by atoms with van der Waals surface area (Å²) >= 11 is 0. The number of para-hydroxylation sites is 1. The Morgan fingerprint density at radius 3 is 2.58 bits per heavy atom. The Morgan fingerprint density at radius 1 is 1.19 bits per heavy atom. The lowest BCUT2D eigenvalue weighted by molar-refractivity contribution is -0.117. The Bertz CT molecular complexity index is 805. The Balaban J connectivity index is 1.90. The zero-order valence-electron chi connectivity index (χ0n) is 15.1. The van der Waals surface area contributed by atoms with Crippen LogP contribution in [0.1, 0.15) is 18.1 Å². The second-order valence-corrected chi connectivity index (χ2v) is 5.68. The van der Waals surface area contributed by atoms with Crippen molar-refractivity contribution in [3.63, 3.8) is 0 Å². The second kappa shape index (κ2) is 9.90. The number of aryl methyl sites for hydroxylation is 1. The van der Waals surface area contributed by atoms with Crippen LogP contribution in [0.15, 0.2) is 60.3 Å². The van der Waals surface area contributed by atoms with Crippen molar-refractivity contribution in [3.05, 3.63) is 71.4 Å². The normalized spacial score (nSPS) is 10.7. The average Bonchev–Trinajstić information content (AvgIpc) is 2.69. The molecule has 2 rings (SSSR count). The van der Waals surface area contributed by atoms with Gasteiger partial charge in [-0.15, -0.1) is 0 Å². The van der Waals surface area contributed by atoms with Crippen molar-refractivity contribution >= 4 is 11.6 Å². The quantitative estimate of drug-likeness (QED) is 0.565. The summed E-state index contributed by atoms with van der Waals surface area (Å²) in [5, 5.41) is 15.1. The number of nitrogens with one attached hydrogen (secondary N) is 2. The Labute approximate surface area is 154 Å². The molecule has 0 saturated heterocycles. The molecular formula is C21H23N3O2. The molecule has 0 spiro atoms. The number of hydrogen-bond donors (Lipinski definition) is 2. The van der Waals surface area contributed by atoms with Crippen LogP contribution in [0.3, 0.4) is 0 Å². The molecule has 2 N–H and O–H groups in total. The van der Waals surface area contributed by atoms with Gasteiger partial charge in [0.25, 0.3) is 5.91 Å². The topological polar surface area (TPSA) is 74.2 Å². The van der Waals surface area contributed by atoms with Crippen LogP contribution < -0.4 is 15.4 Å². The molecule has 26 heavy (non-hydrogen) atoms. The van der Waals surface area contributed by atoms with Gasteiger partial charge in [0, 0.05) is 18.4 Å². The first-order chi connectivity index (χ1) is 12.7. The van der Waals surface area contributed by atoms with Crippen LogP contribution in [-0.2, 0) is 17.6 Å². The summed E-state index contributed by atoms with van der Waals surface area (Å²) in [6.07, 6.45) is 3.00. The predicted octanol–water partition coefficient (Wildman–Crippen LogP) is 3.44. The fourth-order valence-corrected chi connectivity index (χ4v) is 2.48. The maximum Gasteiger partial charge on any atom is 0.263 e. The molecule has 0 atom stereocenters.